The highest BCUT2D eigenvalue weighted by Gasteiger charge is 2.15. The van der Waals surface area contributed by atoms with E-state index in [-0.39, 0.29) is 19.0 Å². The number of nitrogens with zero attached hydrogens (tertiary/aromatic N) is 3. The Balaban J connectivity index is 1.52. The van der Waals surface area contributed by atoms with Crippen LogP contribution in [0.2, 0.25) is 0 Å². The van der Waals surface area contributed by atoms with E-state index in [1.54, 1.807) is 31.2 Å². The molecule has 0 spiro atoms. The molecule has 1 fully saturated rings. The summed E-state index contributed by atoms with van der Waals surface area (Å²) >= 11 is 0. The molecule has 8 nitrogen and oxygen atoms in total. The third-order valence-electron chi connectivity index (χ3n) is 5.69. The van der Waals surface area contributed by atoms with E-state index >= 15 is 0 Å². The van der Waals surface area contributed by atoms with E-state index in [1.165, 1.54) is 12.4 Å². The predicted molar refractivity (Wildman–Crippen MR) is 129 cm³/mol. The zero-order valence-corrected chi connectivity index (χ0v) is 20.0. The van der Waals surface area contributed by atoms with Crippen molar-refractivity contribution in [1.29, 1.82) is 0 Å². The molecule has 194 valence electrons. The number of nitrogens with one attached hydrogen (secondary N) is 1. The zero-order valence-electron chi connectivity index (χ0n) is 20.0. The minimum absolute atomic E-state index is 0.0783. The van der Waals surface area contributed by atoms with E-state index in [0.717, 1.165) is 39.3 Å². The van der Waals surface area contributed by atoms with E-state index < -0.39 is 6.61 Å². The lowest BCUT2D eigenvalue weighted by atomic mass is 10.2. The van der Waals surface area contributed by atoms with Crippen LogP contribution in [0.15, 0.2) is 36.7 Å². The number of aryl methyl sites for hydroxylation is 1. The number of fused-ring (bicyclic) bond motifs is 1. The van der Waals surface area contributed by atoms with Gasteiger partial charge in [0.15, 0.2) is 11.5 Å². The summed E-state index contributed by atoms with van der Waals surface area (Å²) < 4.78 is 59.7. The first kappa shape index (κ1) is 25.9. The molecular weight excluding hydrogens is 477 g/mol. The van der Waals surface area contributed by atoms with Crippen molar-refractivity contribution in [3.63, 3.8) is 0 Å². The summed E-state index contributed by atoms with van der Waals surface area (Å²) in [4.78, 5) is 11.0. The van der Waals surface area contributed by atoms with Gasteiger partial charge in [0, 0.05) is 36.8 Å². The van der Waals surface area contributed by atoms with Gasteiger partial charge in [-0.25, -0.2) is 14.4 Å². The Morgan fingerprint density at radius 2 is 1.81 bits per heavy atom. The Labute approximate surface area is 207 Å². The van der Waals surface area contributed by atoms with Crippen LogP contribution in [0.25, 0.3) is 10.9 Å². The van der Waals surface area contributed by atoms with Gasteiger partial charge in [0.25, 0.3) is 0 Å². The van der Waals surface area contributed by atoms with Gasteiger partial charge in [-0.3, -0.25) is 4.90 Å². The average molecular weight is 507 g/mol. The summed E-state index contributed by atoms with van der Waals surface area (Å²) in [6.07, 6.45) is 2.19. The first-order valence-corrected chi connectivity index (χ1v) is 11.8. The third kappa shape index (κ3) is 7.19. The quantitative estimate of drug-likeness (QED) is 0.359. The summed E-state index contributed by atoms with van der Waals surface area (Å²) in [5, 5.41) is 3.87. The number of hydrogen-bond acceptors (Lipinski definition) is 8. The smallest absolute Gasteiger partial charge is 0.345 e. The molecule has 0 unspecified atom stereocenters. The number of rotatable bonds is 12. The van der Waals surface area contributed by atoms with Crippen molar-refractivity contribution >= 4 is 22.4 Å². The largest absolute Gasteiger partial charge is 0.490 e. The van der Waals surface area contributed by atoms with Gasteiger partial charge < -0.3 is 24.3 Å². The second-order valence-electron chi connectivity index (χ2n) is 8.26. The van der Waals surface area contributed by atoms with Crippen LogP contribution in [0.3, 0.4) is 0 Å². The molecule has 0 bridgehead atoms. The highest BCUT2D eigenvalue weighted by Crippen LogP contribution is 2.35. The molecule has 1 aliphatic rings. The molecule has 3 aromatic rings. The normalized spacial score (nSPS) is 14.4. The Morgan fingerprint density at radius 1 is 1.03 bits per heavy atom. The average Bonchev–Trinajstić information content (AvgIpc) is 2.87. The minimum Gasteiger partial charge on any atom is -0.490 e. The molecule has 0 amide bonds. The molecule has 1 saturated heterocycles. The van der Waals surface area contributed by atoms with E-state index in [2.05, 4.69) is 24.9 Å². The third-order valence-corrected chi connectivity index (χ3v) is 5.69. The van der Waals surface area contributed by atoms with Gasteiger partial charge in [0.1, 0.15) is 24.6 Å². The lowest BCUT2D eigenvalue weighted by Gasteiger charge is -2.26. The van der Waals surface area contributed by atoms with E-state index in [4.69, 9.17) is 14.2 Å². The highest BCUT2D eigenvalue weighted by atomic mass is 19.3. The number of halogens is 3. The minimum atomic E-state index is -2.86. The molecule has 2 heterocycles. The number of aromatic nitrogens is 2. The SMILES string of the molecule is Cc1cc(Nc2ncnc3cc(OCCOC(F)F)c(OCCCN4CCOCC4)cc23)ccc1F. The summed E-state index contributed by atoms with van der Waals surface area (Å²) in [5.74, 6) is 1.03. The van der Waals surface area contributed by atoms with Crippen molar-refractivity contribution in [1.82, 2.24) is 14.9 Å². The first-order chi connectivity index (χ1) is 17.5. The number of alkyl halides is 2. The van der Waals surface area contributed by atoms with Crippen molar-refractivity contribution in [2.24, 2.45) is 0 Å². The van der Waals surface area contributed by atoms with Crippen LogP contribution in [0.1, 0.15) is 12.0 Å². The van der Waals surface area contributed by atoms with Gasteiger partial charge in [0.2, 0.25) is 0 Å². The summed E-state index contributed by atoms with van der Waals surface area (Å²) in [7, 11) is 0. The van der Waals surface area contributed by atoms with Crippen molar-refractivity contribution in [2.45, 2.75) is 20.0 Å². The van der Waals surface area contributed by atoms with Crippen LogP contribution in [0, 0.1) is 12.7 Å². The Bertz CT molecular complexity index is 1150. The molecule has 0 saturated carbocycles. The maximum absolute atomic E-state index is 13.7. The van der Waals surface area contributed by atoms with Crippen molar-refractivity contribution in [3.8, 4) is 11.5 Å². The predicted octanol–water partition coefficient (Wildman–Crippen LogP) is 4.54. The summed E-state index contributed by atoms with van der Waals surface area (Å²) in [6, 6.07) is 8.13. The van der Waals surface area contributed by atoms with Gasteiger partial charge in [-0.15, -0.1) is 0 Å². The topological polar surface area (TPSA) is 78.0 Å². The van der Waals surface area contributed by atoms with E-state index in [1.807, 2.05) is 0 Å². The fraction of sp³-hybridized carbons (Fsp3) is 0.440. The van der Waals surface area contributed by atoms with Crippen LogP contribution in [0.4, 0.5) is 24.7 Å². The Hall–Kier alpha value is -3.15. The fourth-order valence-electron chi connectivity index (χ4n) is 3.83. The van der Waals surface area contributed by atoms with Crippen LogP contribution < -0.4 is 14.8 Å². The zero-order chi connectivity index (χ0) is 25.3. The standard InChI is InChI=1S/C25H29F3N4O4/c1-17-13-18(3-4-20(17)26)31-24-19-14-22(34-8-2-5-32-6-9-33-10-7-32)23(15-21(19)29-16-30-24)35-11-12-36-25(27)28/h3-4,13-16,25H,2,5-12H2,1H3,(H,29,30,31). The molecule has 1 aromatic heterocycles. The molecule has 1 N–H and O–H groups in total. The molecule has 4 rings (SSSR count). The van der Waals surface area contributed by atoms with Gasteiger partial charge in [-0.05, 0) is 43.2 Å². The van der Waals surface area contributed by atoms with Gasteiger partial charge in [0.05, 0.1) is 31.9 Å². The molecular formula is C25H29F3N4O4. The van der Waals surface area contributed by atoms with Crippen molar-refractivity contribution in [3.05, 3.63) is 48.0 Å². The van der Waals surface area contributed by atoms with E-state index in [0.29, 0.717) is 46.1 Å². The van der Waals surface area contributed by atoms with Crippen LogP contribution in [-0.2, 0) is 9.47 Å². The molecule has 2 aromatic carbocycles. The molecule has 0 atom stereocenters. The first-order valence-electron chi connectivity index (χ1n) is 11.8. The van der Waals surface area contributed by atoms with Gasteiger partial charge in [-0.2, -0.15) is 8.78 Å². The number of benzene rings is 2. The second-order valence-corrected chi connectivity index (χ2v) is 8.26. The maximum Gasteiger partial charge on any atom is 0.345 e. The molecule has 36 heavy (non-hydrogen) atoms. The van der Waals surface area contributed by atoms with Crippen molar-refractivity contribution < 1.29 is 32.1 Å². The van der Waals surface area contributed by atoms with Crippen LogP contribution >= 0.6 is 0 Å². The van der Waals surface area contributed by atoms with Gasteiger partial charge in [-0.1, -0.05) is 0 Å². The van der Waals surface area contributed by atoms with Crippen molar-refractivity contribution in [2.75, 3.05) is 58.0 Å². The van der Waals surface area contributed by atoms with Crippen LogP contribution in [-0.4, -0.2) is 74.1 Å². The molecule has 11 heteroatoms. The Kier molecular flexibility index (Phi) is 9.15. The number of hydrogen-bond donors (Lipinski definition) is 1. The highest BCUT2D eigenvalue weighted by molar-refractivity contribution is 5.93. The number of ether oxygens (including phenoxy) is 4. The number of morpholine rings is 1. The fourth-order valence-corrected chi connectivity index (χ4v) is 3.83. The van der Waals surface area contributed by atoms with E-state index in [9.17, 15) is 13.2 Å². The lowest BCUT2D eigenvalue weighted by Crippen LogP contribution is -2.37. The summed E-state index contributed by atoms with van der Waals surface area (Å²) in [5.41, 5.74) is 1.74. The molecule has 0 aliphatic carbocycles. The van der Waals surface area contributed by atoms with Gasteiger partial charge >= 0.3 is 6.61 Å². The molecule has 0 radical (unpaired) electrons. The second kappa shape index (κ2) is 12.7. The number of anilines is 2. The Morgan fingerprint density at radius 3 is 2.58 bits per heavy atom. The molecule has 1 aliphatic heterocycles. The lowest BCUT2D eigenvalue weighted by molar-refractivity contribution is -0.133. The maximum atomic E-state index is 13.7. The monoisotopic (exact) mass is 506 g/mol. The summed E-state index contributed by atoms with van der Waals surface area (Å²) in [6.45, 7) is 3.02. The van der Waals surface area contributed by atoms with Crippen LogP contribution in [0.5, 0.6) is 11.5 Å².